The molecule has 2 aromatic heterocycles. The SMILES string of the molecule is CN1CC(OC(=O)c2ccco2)N(c2nc3ccccc3s2)C1=O. The van der Waals surface area contributed by atoms with Gasteiger partial charge in [-0.25, -0.2) is 19.5 Å². The molecule has 0 bridgehead atoms. The lowest BCUT2D eigenvalue weighted by molar-refractivity contribution is 0.0296. The van der Waals surface area contributed by atoms with Gasteiger partial charge in [0.15, 0.2) is 5.13 Å². The van der Waals surface area contributed by atoms with Crippen molar-refractivity contribution in [1.29, 1.82) is 0 Å². The van der Waals surface area contributed by atoms with Gasteiger partial charge in [-0.3, -0.25) is 0 Å². The lowest BCUT2D eigenvalue weighted by Gasteiger charge is -2.19. The van der Waals surface area contributed by atoms with Crippen molar-refractivity contribution in [3.8, 4) is 0 Å². The van der Waals surface area contributed by atoms with Crippen molar-refractivity contribution in [3.63, 3.8) is 0 Å². The maximum Gasteiger partial charge on any atom is 0.376 e. The number of ether oxygens (including phenoxy) is 1. The Labute approximate surface area is 141 Å². The van der Waals surface area contributed by atoms with Crippen LogP contribution in [-0.4, -0.2) is 41.7 Å². The number of fused-ring (bicyclic) bond motifs is 1. The van der Waals surface area contributed by atoms with Gasteiger partial charge in [-0.05, 0) is 24.3 Å². The van der Waals surface area contributed by atoms with E-state index in [1.807, 2.05) is 24.3 Å². The Kier molecular flexibility index (Phi) is 3.46. The number of hydrogen-bond acceptors (Lipinski definition) is 6. The van der Waals surface area contributed by atoms with Gasteiger partial charge in [-0.1, -0.05) is 23.5 Å². The number of carbonyl (C=O) groups is 2. The summed E-state index contributed by atoms with van der Waals surface area (Å²) in [5, 5.41) is 0.503. The van der Waals surface area contributed by atoms with Crippen LogP contribution in [0.15, 0.2) is 47.1 Å². The molecule has 0 N–H and O–H groups in total. The van der Waals surface area contributed by atoms with Gasteiger partial charge in [0.2, 0.25) is 12.0 Å². The van der Waals surface area contributed by atoms with Gasteiger partial charge in [0, 0.05) is 7.05 Å². The third-order valence-electron chi connectivity index (χ3n) is 3.70. The highest BCUT2D eigenvalue weighted by atomic mass is 32.1. The zero-order valence-corrected chi connectivity index (χ0v) is 13.5. The van der Waals surface area contributed by atoms with Gasteiger partial charge in [0.1, 0.15) is 0 Å². The Morgan fingerprint density at radius 3 is 2.92 bits per heavy atom. The number of benzene rings is 1. The average Bonchev–Trinajstić information content (AvgIpc) is 3.28. The highest BCUT2D eigenvalue weighted by molar-refractivity contribution is 7.22. The molecule has 24 heavy (non-hydrogen) atoms. The second-order valence-electron chi connectivity index (χ2n) is 5.33. The zero-order valence-electron chi connectivity index (χ0n) is 12.7. The first-order chi connectivity index (χ1) is 11.6. The first-order valence-electron chi connectivity index (χ1n) is 7.28. The molecule has 3 heterocycles. The van der Waals surface area contributed by atoms with Crippen LogP contribution < -0.4 is 4.90 Å². The first kappa shape index (κ1) is 14.7. The summed E-state index contributed by atoms with van der Waals surface area (Å²) in [4.78, 5) is 32.0. The highest BCUT2D eigenvalue weighted by Gasteiger charge is 2.41. The van der Waals surface area contributed by atoms with Gasteiger partial charge in [0.25, 0.3) is 0 Å². The molecule has 1 saturated heterocycles. The summed E-state index contributed by atoms with van der Waals surface area (Å²) >= 11 is 1.38. The average molecular weight is 343 g/mol. The van der Waals surface area contributed by atoms with Crippen LogP contribution in [0.5, 0.6) is 0 Å². The fourth-order valence-electron chi connectivity index (χ4n) is 2.54. The number of urea groups is 1. The number of carbonyl (C=O) groups excluding carboxylic acids is 2. The molecular weight excluding hydrogens is 330 g/mol. The first-order valence-corrected chi connectivity index (χ1v) is 8.09. The van der Waals surface area contributed by atoms with E-state index in [9.17, 15) is 9.59 Å². The van der Waals surface area contributed by atoms with E-state index < -0.39 is 12.2 Å². The molecule has 0 radical (unpaired) electrons. The number of thiazole rings is 1. The fraction of sp³-hybridized carbons (Fsp3) is 0.188. The van der Waals surface area contributed by atoms with E-state index in [-0.39, 0.29) is 18.3 Å². The molecule has 1 unspecified atom stereocenters. The number of furan rings is 1. The van der Waals surface area contributed by atoms with E-state index in [0.717, 1.165) is 10.2 Å². The van der Waals surface area contributed by atoms with E-state index in [0.29, 0.717) is 5.13 Å². The van der Waals surface area contributed by atoms with E-state index in [4.69, 9.17) is 9.15 Å². The van der Waals surface area contributed by atoms with Crippen molar-refractivity contribution in [2.45, 2.75) is 6.23 Å². The molecule has 122 valence electrons. The van der Waals surface area contributed by atoms with E-state index in [1.165, 1.54) is 33.5 Å². The molecule has 0 saturated carbocycles. The number of esters is 1. The Balaban J connectivity index is 1.65. The van der Waals surface area contributed by atoms with Crippen LogP contribution in [0.3, 0.4) is 0 Å². The van der Waals surface area contributed by atoms with Crippen LogP contribution in [0, 0.1) is 0 Å². The predicted octanol–water partition coefficient (Wildman–Crippen LogP) is 2.94. The Bertz CT molecular complexity index is 872. The third-order valence-corrected chi connectivity index (χ3v) is 4.74. The molecule has 4 rings (SSSR count). The molecule has 0 aliphatic carbocycles. The van der Waals surface area contributed by atoms with Gasteiger partial charge < -0.3 is 14.1 Å². The van der Waals surface area contributed by atoms with Crippen molar-refractivity contribution in [3.05, 3.63) is 48.4 Å². The maximum atomic E-state index is 12.5. The van der Waals surface area contributed by atoms with Crippen LogP contribution in [0.1, 0.15) is 10.6 Å². The van der Waals surface area contributed by atoms with Crippen LogP contribution in [0.4, 0.5) is 9.93 Å². The van der Waals surface area contributed by atoms with Gasteiger partial charge >= 0.3 is 12.0 Å². The summed E-state index contributed by atoms with van der Waals surface area (Å²) in [5.74, 6) is -0.513. The Morgan fingerprint density at radius 2 is 2.17 bits per heavy atom. The minimum atomic E-state index is -0.749. The van der Waals surface area contributed by atoms with Gasteiger partial charge in [0.05, 0.1) is 23.0 Å². The summed E-state index contributed by atoms with van der Waals surface area (Å²) < 4.78 is 11.5. The Hall–Kier alpha value is -2.87. The molecule has 2 amide bonds. The molecule has 1 aromatic carbocycles. The van der Waals surface area contributed by atoms with Crippen molar-refractivity contribution < 1.29 is 18.7 Å². The lowest BCUT2D eigenvalue weighted by Crippen LogP contribution is -2.37. The second-order valence-corrected chi connectivity index (χ2v) is 6.34. The smallest absolute Gasteiger partial charge is 0.376 e. The minimum absolute atomic E-state index is 0.0984. The van der Waals surface area contributed by atoms with Gasteiger partial charge in [-0.15, -0.1) is 0 Å². The molecule has 1 atom stereocenters. The van der Waals surface area contributed by atoms with Crippen LogP contribution >= 0.6 is 11.3 Å². The Morgan fingerprint density at radius 1 is 1.33 bits per heavy atom. The summed E-state index contributed by atoms with van der Waals surface area (Å²) in [6.07, 6.45) is 0.647. The number of likely N-dealkylation sites (N-methyl/N-ethyl adjacent to an activating group) is 1. The number of rotatable bonds is 3. The quantitative estimate of drug-likeness (QED) is 0.684. The number of aromatic nitrogens is 1. The predicted molar refractivity (Wildman–Crippen MR) is 88.0 cm³/mol. The van der Waals surface area contributed by atoms with Crippen LogP contribution in [-0.2, 0) is 4.74 Å². The lowest BCUT2D eigenvalue weighted by atomic mass is 10.3. The normalized spacial score (nSPS) is 17.7. The minimum Gasteiger partial charge on any atom is -0.457 e. The summed E-state index contributed by atoms with van der Waals surface area (Å²) in [6, 6.07) is 10.5. The molecule has 1 aliphatic heterocycles. The highest BCUT2D eigenvalue weighted by Crippen LogP contribution is 2.33. The number of hydrogen-bond donors (Lipinski definition) is 0. The van der Waals surface area contributed by atoms with Crippen molar-refractivity contribution in [1.82, 2.24) is 9.88 Å². The van der Waals surface area contributed by atoms with Crippen molar-refractivity contribution in [2.75, 3.05) is 18.5 Å². The molecule has 7 nitrogen and oxygen atoms in total. The van der Waals surface area contributed by atoms with E-state index in [2.05, 4.69) is 4.98 Å². The van der Waals surface area contributed by atoms with E-state index in [1.54, 1.807) is 13.1 Å². The summed E-state index contributed by atoms with van der Waals surface area (Å²) in [7, 11) is 1.66. The number of nitrogens with zero attached hydrogens (tertiary/aromatic N) is 3. The molecule has 0 spiro atoms. The van der Waals surface area contributed by atoms with Crippen molar-refractivity contribution >= 4 is 38.7 Å². The van der Waals surface area contributed by atoms with Crippen molar-refractivity contribution in [2.24, 2.45) is 0 Å². The second kappa shape index (κ2) is 5.64. The summed E-state index contributed by atoms with van der Waals surface area (Å²) in [6.45, 7) is 0.265. The standard InChI is InChI=1S/C16H13N3O4S/c1-18-9-13(23-14(20)11-6-4-8-22-11)19(16(18)21)15-17-10-5-2-3-7-12(10)24-15/h2-8,13H,9H2,1H3. The summed E-state index contributed by atoms with van der Waals surface area (Å²) in [5.41, 5.74) is 0.802. The topological polar surface area (TPSA) is 75.9 Å². The molecule has 1 fully saturated rings. The molecule has 8 heteroatoms. The monoisotopic (exact) mass is 343 g/mol. The fourth-order valence-corrected chi connectivity index (χ4v) is 3.54. The number of para-hydroxylation sites is 1. The molecule has 3 aromatic rings. The van der Waals surface area contributed by atoms with Crippen LogP contribution in [0.2, 0.25) is 0 Å². The van der Waals surface area contributed by atoms with Gasteiger partial charge in [-0.2, -0.15) is 0 Å². The maximum absolute atomic E-state index is 12.5. The molecule has 1 aliphatic rings. The number of anilines is 1. The van der Waals surface area contributed by atoms with Crippen LogP contribution in [0.25, 0.3) is 10.2 Å². The van der Waals surface area contributed by atoms with E-state index >= 15 is 0 Å². The molecular formula is C16H13N3O4S. The number of amides is 2. The largest absolute Gasteiger partial charge is 0.457 e. The zero-order chi connectivity index (χ0) is 16.7. The third kappa shape index (κ3) is 2.41.